The fourth-order valence-electron chi connectivity index (χ4n) is 1.41. The van der Waals surface area contributed by atoms with Crippen molar-refractivity contribution in [2.24, 2.45) is 0 Å². The summed E-state index contributed by atoms with van der Waals surface area (Å²) in [6, 6.07) is 9.14. The van der Waals surface area contributed by atoms with Crippen LogP contribution in [0.5, 0.6) is 0 Å². The van der Waals surface area contributed by atoms with Crippen molar-refractivity contribution >= 4 is 0 Å². The molecule has 1 atom stereocenters. The number of hydrogen-bond donors (Lipinski definition) is 2. The second-order valence-corrected chi connectivity index (χ2v) is 3.21. The van der Waals surface area contributed by atoms with Crippen molar-refractivity contribution < 1.29 is 14.3 Å². The number of aliphatic hydroxyl groups is 1. The Morgan fingerprint density at radius 2 is 2.07 bits per heavy atom. The molecular formula is C10H11N2O3+. The molecule has 0 fully saturated rings. The van der Waals surface area contributed by atoms with E-state index >= 15 is 0 Å². The predicted octanol–water partition coefficient (Wildman–Crippen LogP) is 0.298. The number of hydrogen-bond acceptors (Lipinski definition) is 3. The zero-order valence-electron chi connectivity index (χ0n) is 8.18. The van der Waals surface area contributed by atoms with E-state index in [-0.39, 0.29) is 5.69 Å². The van der Waals surface area contributed by atoms with Crippen LogP contribution < -0.4 is 10.3 Å². The Balaban J connectivity index is 2.59. The van der Waals surface area contributed by atoms with E-state index < -0.39 is 11.7 Å². The highest BCUT2D eigenvalue weighted by molar-refractivity contribution is 5.21. The summed E-state index contributed by atoms with van der Waals surface area (Å²) in [7, 11) is 0. The number of rotatable bonds is 2. The lowest BCUT2D eigenvalue weighted by atomic mass is 10.2. The molecule has 1 unspecified atom stereocenters. The molecule has 5 nitrogen and oxygen atoms in total. The minimum atomic E-state index is -0.882. The largest absolute Gasteiger partial charge is 0.433 e. The van der Waals surface area contributed by atoms with Crippen molar-refractivity contribution in [1.29, 1.82) is 0 Å². The maximum absolute atomic E-state index is 11.3. The summed E-state index contributed by atoms with van der Waals surface area (Å²) in [5.41, 5.74) is 0.356. The maximum Gasteiger partial charge on any atom is 0.433 e. The number of nitrogens with one attached hydrogen (secondary N) is 1. The van der Waals surface area contributed by atoms with Gasteiger partial charge in [-0.15, -0.1) is 0 Å². The monoisotopic (exact) mass is 207 g/mol. The summed E-state index contributed by atoms with van der Waals surface area (Å²) in [4.78, 5) is 11.3. The number of H-pyrrole nitrogens is 1. The van der Waals surface area contributed by atoms with Crippen LogP contribution in [0.4, 0.5) is 0 Å². The fraction of sp³-hybridized carbons (Fsp3) is 0.200. The van der Waals surface area contributed by atoms with Crippen molar-refractivity contribution in [3.63, 3.8) is 0 Å². The minimum absolute atomic E-state index is 0.182. The lowest BCUT2D eigenvalue weighted by Gasteiger charge is -1.95. The Morgan fingerprint density at radius 1 is 1.40 bits per heavy atom. The van der Waals surface area contributed by atoms with Crippen LogP contribution in [0.3, 0.4) is 0 Å². The van der Waals surface area contributed by atoms with Crippen molar-refractivity contribution in [3.05, 3.63) is 46.4 Å². The molecule has 0 spiro atoms. The third-order valence-electron chi connectivity index (χ3n) is 2.09. The lowest BCUT2D eigenvalue weighted by molar-refractivity contribution is -0.680. The molecule has 0 aliphatic heterocycles. The first-order chi connectivity index (χ1) is 7.20. The molecule has 5 heteroatoms. The minimum Gasteiger partial charge on any atom is -0.382 e. The molecule has 78 valence electrons. The second kappa shape index (κ2) is 3.70. The average molecular weight is 207 g/mol. The first-order valence-electron chi connectivity index (χ1n) is 4.57. The summed E-state index contributed by atoms with van der Waals surface area (Å²) >= 11 is 0. The van der Waals surface area contributed by atoms with Crippen LogP contribution in [-0.2, 0) is 0 Å². The summed E-state index contributed by atoms with van der Waals surface area (Å²) in [5.74, 6) is 0. The average Bonchev–Trinajstić information content (AvgIpc) is 2.61. The topological polar surface area (TPSA) is 70.1 Å². The molecule has 0 bridgehead atoms. The van der Waals surface area contributed by atoms with E-state index in [4.69, 9.17) is 0 Å². The van der Waals surface area contributed by atoms with Crippen LogP contribution in [-0.4, -0.2) is 10.4 Å². The van der Waals surface area contributed by atoms with Gasteiger partial charge in [-0.05, 0) is 16.9 Å². The summed E-state index contributed by atoms with van der Waals surface area (Å²) < 4.78 is 6.06. The highest BCUT2D eigenvalue weighted by Gasteiger charge is 2.27. The van der Waals surface area contributed by atoms with Gasteiger partial charge >= 0.3 is 11.3 Å². The van der Waals surface area contributed by atoms with Crippen LogP contribution in [0, 0.1) is 0 Å². The molecule has 15 heavy (non-hydrogen) atoms. The first-order valence-corrected chi connectivity index (χ1v) is 4.57. The molecule has 2 N–H and O–H groups in total. The summed E-state index contributed by atoms with van der Waals surface area (Å²) in [5, 5.41) is 11.9. The van der Waals surface area contributed by atoms with Gasteiger partial charge in [0.2, 0.25) is 5.69 Å². The zero-order valence-corrected chi connectivity index (χ0v) is 8.18. The second-order valence-electron chi connectivity index (χ2n) is 3.21. The molecule has 0 aliphatic carbocycles. The number of nitrogens with zero attached hydrogens (tertiary/aromatic N) is 1. The molecular weight excluding hydrogens is 196 g/mol. The molecule has 0 radical (unpaired) electrons. The van der Waals surface area contributed by atoms with Gasteiger partial charge in [0.05, 0.1) is 0 Å². The number of aromatic amines is 1. The van der Waals surface area contributed by atoms with E-state index in [2.05, 4.69) is 9.79 Å². The van der Waals surface area contributed by atoms with Crippen LogP contribution in [0.15, 0.2) is 39.6 Å². The fourth-order valence-corrected chi connectivity index (χ4v) is 1.41. The quantitative estimate of drug-likeness (QED) is 0.696. The van der Waals surface area contributed by atoms with E-state index in [0.717, 1.165) is 5.69 Å². The first kappa shape index (κ1) is 9.67. The number of aliphatic hydroxyl groups excluding tert-OH is 1. The molecule has 0 amide bonds. The van der Waals surface area contributed by atoms with Crippen molar-refractivity contribution in [2.45, 2.75) is 13.0 Å². The maximum atomic E-state index is 11.3. The Hall–Kier alpha value is -1.88. The van der Waals surface area contributed by atoms with Crippen LogP contribution in [0.1, 0.15) is 18.7 Å². The van der Waals surface area contributed by atoms with Gasteiger partial charge in [0.25, 0.3) is 0 Å². The predicted molar refractivity (Wildman–Crippen MR) is 51.5 cm³/mol. The van der Waals surface area contributed by atoms with Crippen molar-refractivity contribution in [2.75, 3.05) is 0 Å². The van der Waals surface area contributed by atoms with Gasteiger partial charge in [0.15, 0.2) is 0 Å². The van der Waals surface area contributed by atoms with E-state index in [0.29, 0.717) is 0 Å². The van der Waals surface area contributed by atoms with Crippen LogP contribution >= 0.6 is 0 Å². The molecule has 2 rings (SSSR count). The lowest BCUT2D eigenvalue weighted by Crippen LogP contribution is -2.39. The third kappa shape index (κ3) is 1.69. The SMILES string of the molecule is CC(O)c1c(=O)o[nH][n+]1-c1ccccc1. The highest BCUT2D eigenvalue weighted by atomic mass is 16.5. The van der Waals surface area contributed by atoms with Gasteiger partial charge in [-0.1, -0.05) is 18.2 Å². The van der Waals surface area contributed by atoms with Crippen molar-refractivity contribution in [3.8, 4) is 5.69 Å². The van der Waals surface area contributed by atoms with E-state index in [1.807, 2.05) is 18.2 Å². The smallest absolute Gasteiger partial charge is 0.382 e. The molecule has 1 heterocycles. The molecule has 2 aromatic rings. The van der Waals surface area contributed by atoms with E-state index in [1.165, 1.54) is 11.6 Å². The van der Waals surface area contributed by atoms with E-state index in [9.17, 15) is 9.90 Å². The zero-order chi connectivity index (χ0) is 10.8. The Bertz CT molecular complexity index is 499. The summed E-state index contributed by atoms with van der Waals surface area (Å²) in [6.45, 7) is 1.51. The van der Waals surface area contributed by atoms with Gasteiger partial charge in [0.1, 0.15) is 6.10 Å². The van der Waals surface area contributed by atoms with Gasteiger partial charge in [-0.25, -0.2) is 4.79 Å². The molecule has 1 aromatic carbocycles. The Morgan fingerprint density at radius 3 is 2.67 bits per heavy atom. The molecule has 0 saturated heterocycles. The normalized spacial score (nSPS) is 12.7. The molecule has 1 aromatic heterocycles. The van der Waals surface area contributed by atoms with Gasteiger partial charge < -0.3 is 5.11 Å². The summed E-state index contributed by atoms with van der Waals surface area (Å²) in [6.07, 6.45) is -0.882. The van der Waals surface area contributed by atoms with Crippen molar-refractivity contribution in [1.82, 2.24) is 5.27 Å². The number of para-hydroxylation sites is 1. The van der Waals surface area contributed by atoms with Crippen LogP contribution in [0.25, 0.3) is 5.69 Å². The molecule has 0 aliphatic rings. The number of aromatic nitrogens is 2. The van der Waals surface area contributed by atoms with Gasteiger partial charge in [-0.3, -0.25) is 4.52 Å². The Kier molecular flexibility index (Phi) is 2.39. The Labute approximate surface area is 85.5 Å². The third-order valence-corrected chi connectivity index (χ3v) is 2.09. The highest BCUT2D eigenvalue weighted by Crippen LogP contribution is 2.04. The van der Waals surface area contributed by atoms with E-state index in [1.54, 1.807) is 12.1 Å². The number of benzene rings is 1. The standard InChI is InChI=1S/C10H10N2O3/c1-7(13)9-10(14)15-11-12(9)8-5-3-2-4-6-8/h2-7,13H,1H3/p+1. The molecule has 0 saturated carbocycles. The van der Waals surface area contributed by atoms with Crippen LogP contribution in [0.2, 0.25) is 0 Å². The van der Waals surface area contributed by atoms with Gasteiger partial charge in [-0.2, -0.15) is 0 Å². The van der Waals surface area contributed by atoms with Gasteiger partial charge in [0, 0.05) is 12.1 Å².